The number of hydrogen-bond acceptors (Lipinski definition) is 7. The molecule has 2 fully saturated rings. The number of carbonyl (C=O) groups is 1. The molecule has 1 amide bonds. The molecule has 1 aliphatic heterocycles. The molecule has 1 aromatic carbocycles. The van der Waals surface area contributed by atoms with Gasteiger partial charge < -0.3 is 10.1 Å². The Morgan fingerprint density at radius 1 is 1.03 bits per heavy atom. The van der Waals surface area contributed by atoms with Crippen molar-refractivity contribution in [1.29, 1.82) is 0 Å². The van der Waals surface area contributed by atoms with E-state index in [1.54, 1.807) is 28.9 Å². The van der Waals surface area contributed by atoms with Crippen LogP contribution in [0.2, 0.25) is 0 Å². The van der Waals surface area contributed by atoms with E-state index >= 15 is 0 Å². The summed E-state index contributed by atoms with van der Waals surface area (Å²) in [4.78, 5) is 29.6. The molecule has 10 nitrogen and oxygen atoms in total. The Labute approximate surface area is 219 Å². The highest BCUT2D eigenvalue weighted by molar-refractivity contribution is 7.91. The smallest absolute Gasteiger partial charge is 0.272 e. The van der Waals surface area contributed by atoms with Gasteiger partial charge in [-0.05, 0) is 50.7 Å². The van der Waals surface area contributed by atoms with Crippen LogP contribution in [0.1, 0.15) is 60.6 Å². The average molecular weight is 536 g/mol. The first-order valence-electron chi connectivity index (χ1n) is 13.0. The molecule has 0 unspecified atom stereocenters. The summed E-state index contributed by atoms with van der Waals surface area (Å²) >= 11 is 0. The second-order valence-corrected chi connectivity index (χ2v) is 12.5. The second kappa shape index (κ2) is 9.86. The molecule has 1 aliphatic carbocycles. The predicted molar refractivity (Wildman–Crippen MR) is 142 cm³/mol. The number of amides is 1. The van der Waals surface area contributed by atoms with Crippen molar-refractivity contribution in [1.82, 2.24) is 24.9 Å². The van der Waals surface area contributed by atoms with Gasteiger partial charge in [-0.2, -0.15) is 5.10 Å². The molecule has 0 atom stereocenters. The molecule has 0 bridgehead atoms. The molecular weight excluding hydrogens is 506 g/mol. The zero-order chi connectivity index (χ0) is 26.3. The van der Waals surface area contributed by atoms with Gasteiger partial charge in [0.25, 0.3) is 11.5 Å². The van der Waals surface area contributed by atoms with Gasteiger partial charge in [0.15, 0.2) is 9.84 Å². The highest BCUT2D eigenvalue weighted by Gasteiger charge is 2.28. The number of H-pyrrole nitrogens is 1. The van der Waals surface area contributed by atoms with Gasteiger partial charge in [0.05, 0.1) is 28.8 Å². The molecule has 4 aromatic rings. The van der Waals surface area contributed by atoms with E-state index in [-0.39, 0.29) is 41.0 Å². The van der Waals surface area contributed by atoms with Crippen LogP contribution >= 0.6 is 0 Å². The van der Waals surface area contributed by atoms with Crippen LogP contribution in [0.5, 0.6) is 5.75 Å². The number of imidazole rings is 1. The summed E-state index contributed by atoms with van der Waals surface area (Å²) in [5, 5.41) is 11.7. The van der Waals surface area contributed by atoms with E-state index in [4.69, 9.17) is 4.74 Å². The van der Waals surface area contributed by atoms with E-state index in [1.165, 1.54) is 0 Å². The lowest BCUT2D eigenvalue weighted by atomic mass is 9.82. The van der Waals surface area contributed by atoms with Gasteiger partial charge in [-0.3, -0.25) is 14.0 Å². The Morgan fingerprint density at radius 3 is 2.53 bits per heavy atom. The SMILES string of the molecule is O=C(N[C@H]1CC[C@H](c2n[nH]c(=O)c3ccccc32)CC1)c1cnc2cc(OC3CCS(=O)(=O)CC3)ccn12. The van der Waals surface area contributed by atoms with Crippen molar-refractivity contribution in [3.63, 3.8) is 0 Å². The van der Waals surface area contributed by atoms with Gasteiger partial charge in [-0.1, -0.05) is 18.2 Å². The number of aromatic amines is 1. The summed E-state index contributed by atoms with van der Waals surface area (Å²) in [5.74, 6) is 0.949. The molecule has 0 spiro atoms. The number of ether oxygens (including phenoxy) is 1. The van der Waals surface area contributed by atoms with Gasteiger partial charge in [0.1, 0.15) is 23.2 Å². The van der Waals surface area contributed by atoms with E-state index in [0.717, 1.165) is 36.8 Å². The number of sulfone groups is 1. The van der Waals surface area contributed by atoms with Crippen LogP contribution in [0, 0.1) is 0 Å². The van der Waals surface area contributed by atoms with Crippen molar-refractivity contribution in [2.24, 2.45) is 0 Å². The van der Waals surface area contributed by atoms with Crippen LogP contribution in [-0.2, 0) is 9.84 Å². The summed E-state index contributed by atoms with van der Waals surface area (Å²) in [6.45, 7) is 0. The Kier molecular flexibility index (Phi) is 6.38. The van der Waals surface area contributed by atoms with Crippen molar-refractivity contribution < 1.29 is 17.9 Å². The minimum atomic E-state index is -2.95. The van der Waals surface area contributed by atoms with E-state index in [2.05, 4.69) is 20.5 Å². The summed E-state index contributed by atoms with van der Waals surface area (Å²) in [5.41, 5.74) is 1.78. The number of nitrogens with zero attached hydrogens (tertiary/aromatic N) is 3. The molecule has 4 heterocycles. The molecule has 38 heavy (non-hydrogen) atoms. The molecule has 2 N–H and O–H groups in total. The Balaban J connectivity index is 1.09. The molecule has 6 rings (SSSR count). The minimum absolute atomic E-state index is 0.0449. The zero-order valence-corrected chi connectivity index (χ0v) is 21.6. The lowest BCUT2D eigenvalue weighted by molar-refractivity contribution is 0.0919. The number of nitrogens with one attached hydrogen (secondary N) is 2. The van der Waals surface area contributed by atoms with Gasteiger partial charge in [-0.25, -0.2) is 18.5 Å². The summed E-state index contributed by atoms with van der Waals surface area (Å²) in [7, 11) is -2.95. The van der Waals surface area contributed by atoms with Crippen molar-refractivity contribution >= 4 is 32.2 Å². The summed E-state index contributed by atoms with van der Waals surface area (Å²) in [6, 6.07) is 11.1. The fraction of sp³-hybridized carbons (Fsp3) is 0.407. The number of rotatable bonds is 5. The third kappa shape index (κ3) is 4.90. The summed E-state index contributed by atoms with van der Waals surface area (Å²) in [6.07, 6.45) is 7.50. The topological polar surface area (TPSA) is 136 Å². The number of pyridine rings is 1. The van der Waals surface area contributed by atoms with E-state index in [0.29, 0.717) is 35.3 Å². The van der Waals surface area contributed by atoms with Gasteiger partial charge in [0, 0.05) is 29.6 Å². The molecule has 1 saturated carbocycles. The summed E-state index contributed by atoms with van der Waals surface area (Å²) < 4.78 is 31.0. The first-order chi connectivity index (χ1) is 18.4. The van der Waals surface area contributed by atoms with Crippen LogP contribution in [0.25, 0.3) is 16.4 Å². The maximum atomic E-state index is 13.1. The standard InChI is InChI=1S/C27H29N5O5S/c33-26-22-4-2-1-3-21(22)25(30-31-26)17-5-7-18(8-6-17)29-27(34)23-16-28-24-15-20(9-12-32(23)24)37-19-10-13-38(35,36)14-11-19/h1-4,9,12,15-19H,5-8,10-11,13-14H2,(H,29,34)(H,31,33)/t17-,18-. The minimum Gasteiger partial charge on any atom is -0.490 e. The maximum absolute atomic E-state index is 13.1. The van der Waals surface area contributed by atoms with E-state index in [9.17, 15) is 18.0 Å². The molecular formula is C27H29N5O5S. The average Bonchev–Trinajstić information content (AvgIpc) is 3.34. The molecule has 11 heteroatoms. The van der Waals surface area contributed by atoms with Crippen LogP contribution in [0.15, 0.2) is 53.6 Å². The number of benzene rings is 1. The van der Waals surface area contributed by atoms with Gasteiger partial charge in [0.2, 0.25) is 0 Å². The normalized spacial score (nSPS) is 21.9. The lowest BCUT2D eigenvalue weighted by Gasteiger charge is -2.29. The third-order valence-electron chi connectivity index (χ3n) is 7.70. The molecule has 198 valence electrons. The quantitative estimate of drug-likeness (QED) is 0.401. The van der Waals surface area contributed by atoms with Gasteiger partial charge >= 0.3 is 0 Å². The Morgan fingerprint density at radius 2 is 1.76 bits per heavy atom. The van der Waals surface area contributed by atoms with Crippen molar-refractivity contribution in [3.8, 4) is 5.75 Å². The predicted octanol–water partition coefficient (Wildman–Crippen LogP) is 2.98. The van der Waals surface area contributed by atoms with Crippen LogP contribution in [0.3, 0.4) is 0 Å². The fourth-order valence-electron chi connectivity index (χ4n) is 5.60. The Bertz CT molecular complexity index is 1660. The van der Waals surface area contributed by atoms with Crippen molar-refractivity contribution in [2.45, 2.75) is 56.6 Å². The van der Waals surface area contributed by atoms with Crippen LogP contribution < -0.4 is 15.6 Å². The second-order valence-electron chi connectivity index (χ2n) is 10.2. The zero-order valence-electron chi connectivity index (χ0n) is 20.8. The lowest BCUT2D eigenvalue weighted by Crippen LogP contribution is -2.38. The number of fused-ring (bicyclic) bond motifs is 2. The van der Waals surface area contributed by atoms with Crippen molar-refractivity contribution in [3.05, 3.63) is 70.5 Å². The van der Waals surface area contributed by atoms with Gasteiger partial charge in [-0.15, -0.1) is 0 Å². The van der Waals surface area contributed by atoms with Crippen molar-refractivity contribution in [2.75, 3.05) is 11.5 Å². The number of carbonyl (C=O) groups excluding carboxylic acids is 1. The highest BCUT2D eigenvalue weighted by Crippen LogP contribution is 2.34. The first-order valence-corrected chi connectivity index (χ1v) is 14.8. The highest BCUT2D eigenvalue weighted by atomic mass is 32.2. The molecule has 3 aromatic heterocycles. The first kappa shape index (κ1) is 24.6. The molecule has 0 radical (unpaired) electrons. The third-order valence-corrected chi connectivity index (χ3v) is 9.41. The number of aromatic nitrogens is 4. The van der Waals surface area contributed by atoms with E-state index < -0.39 is 9.84 Å². The number of hydrogen-bond donors (Lipinski definition) is 2. The largest absolute Gasteiger partial charge is 0.490 e. The van der Waals surface area contributed by atoms with E-state index in [1.807, 2.05) is 24.3 Å². The van der Waals surface area contributed by atoms with Crippen LogP contribution in [-0.4, -0.2) is 57.6 Å². The fourth-order valence-corrected chi connectivity index (χ4v) is 7.05. The monoisotopic (exact) mass is 535 g/mol. The van der Waals surface area contributed by atoms with Crippen LogP contribution in [0.4, 0.5) is 0 Å². The molecule has 1 saturated heterocycles. The Hall–Kier alpha value is -3.73. The molecule has 2 aliphatic rings. The maximum Gasteiger partial charge on any atom is 0.272 e.